The standard InChI is InChI=1S/C21H22N2O3/c1-26-18-14-16(9-10-17(18)23-13-5-8-19(23)24)22-20(25)21(11-12-21)15-6-3-2-4-7-15/h2-4,6-7,9-10,14H,5,8,11-13H2,1H3,(H,22,25). The maximum atomic E-state index is 12.9. The molecule has 0 bridgehead atoms. The molecule has 26 heavy (non-hydrogen) atoms. The van der Waals surface area contributed by atoms with Gasteiger partial charge in [0.15, 0.2) is 0 Å². The summed E-state index contributed by atoms with van der Waals surface area (Å²) in [6.07, 6.45) is 3.15. The van der Waals surface area contributed by atoms with E-state index >= 15 is 0 Å². The van der Waals surface area contributed by atoms with Gasteiger partial charge in [-0.25, -0.2) is 0 Å². The summed E-state index contributed by atoms with van der Waals surface area (Å²) in [6.45, 7) is 0.706. The molecule has 1 saturated carbocycles. The average molecular weight is 350 g/mol. The Bertz CT molecular complexity index is 844. The highest BCUT2D eigenvalue weighted by atomic mass is 16.5. The lowest BCUT2D eigenvalue weighted by Gasteiger charge is -2.20. The molecule has 0 unspecified atom stereocenters. The second-order valence-corrected chi connectivity index (χ2v) is 6.94. The van der Waals surface area contributed by atoms with Crippen molar-refractivity contribution in [3.63, 3.8) is 0 Å². The van der Waals surface area contributed by atoms with Gasteiger partial charge in [0.1, 0.15) is 5.75 Å². The van der Waals surface area contributed by atoms with Gasteiger partial charge in [-0.15, -0.1) is 0 Å². The molecule has 1 aliphatic heterocycles. The van der Waals surface area contributed by atoms with E-state index in [1.807, 2.05) is 42.5 Å². The van der Waals surface area contributed by atoms with Crippen LogP contribution in [0.1, 0.15) is 31.2 Å². The fourth-order valence-electron chi connectivity index (χ4n) is 3.66. The lowest BCUT2D eigenvalue weighted by Crippen LogP contribution is -2.28. The van der Waals surface area contributed by atoms with Gasteiger partial charge in [-0.1, -0.05) is 30.3 Å². The number of hydrogen-bond acceptors (Lipinski definition) is 3. The predicted molar refractivity (Wildman–Crippen MR) is 101 cm³/mol. The number of amides is 2. The fraction of sp³-hybridized carbons (Fsp3) is 0.333. The van der Waals surface area contributed by atoms with Gasteiger partial charge in [-0.05, 0) is 37.0 Å². The molecule has 0 radical (unpaired) electrons. The molecule has 1 heterocycles. The second-order valence-electron chi connectivity index (χ2n) is 6.94. The van der Waals surface area contributed by atoms with Crippen molar-refractivity contribution in [3.8, 4) is 5.75 Å². The van der Waals surface area contributed by atoms with E-state index in [1.165, 1.54) is 0 Å². The summed E-state index contributed by atoms with van der Waals surface area (Å²) in [6, 6.07) is 15.4. The minimum Gasteiger partial charge on any atom is -0.494 e. The molecule has 0 spiro atoms. The number of benzene rings is 2. The molecule has 0 aromatic heterocycles. The van der Waals surface area contributed by atoms with Crippen molar-refractivity contribution >= 4 is 23.2 Å². The molecule has 134 valence electrons. The molecule has 2 aliphatic rings. The van der Waals surface area contributed by atoms with Crippen LogP contribution in [-0.2, 0) is 15.0 Å². The summed E-state index contributed by atoms with van der Waals surface area (Å²) >= 11 is 0. The van der Waals surface area contributed by atoms with E-state index in [-0.39, 0.29) is 11.8 Å². The molecule has 2 aromatic carbocycles. The highest BCUT2D eigenvalue weighted by molar-refractivity contribution is 6.02. The van der Waals surface area contributed by atoms with Crippen LogP contribution in [0.15, 0.2) is 48.5 Å². The zero-order valence-corrected chi connectivity index (χ0v) is 14.8. The van der Waals surface area contributed by atoms with Gasteiger partial charge >= 0.3 is 0 Å². The van der Waals surface area contributed by atoms with Crippen LogP contribution >= 0.6 is 0 Å². The number of nitrogens with zero attached hydrogens (tertiary/aromatic N) is 1. The number of hydrogen-bond donors (Lipinski definition) is 1. The van der Waals surface area contributed by atoms with Crippen molar-refractivity contribution in [3.05, 3.63) is 54.1 Å². The molecule has 2 amide bonds. The molecule has 1 N–H and O–H groups in total. The number of methoxy groups -OCH3 is 1. The summed E-state index contributed by atoms with van der Waals surface area (Å²) in [7, 11) is 1.58. The van der Waals surface area contributed by atoms with E-state index in [4.69, 9.17) is 4.74 Å². The Balaban J connectivity index is 1.55. The van der Waals surface area contributed by atoms with Crippen LogP contribution in [0, 0.1) is 0 Å². The third-order valence-corrected chi connectivity index (χ3v) is 5.31. The lowest BCUT2D eigenvalue weighted by atomic mass is 9.95. The highest BCUT2D eigenvalue weighted by Crippen LogP contribution is 2.49. The van der Waals surface area contributed by atoms with Crippen molar-refractivity contribution in [2.24, 2.45) is 0 Å². The third kappa shape index (κ3) is 2.83. The molecule has 4 rings (SSSR count). The Morgan fingerprint density at radius 1 is 1.15 bits per heavy atom. The third-order valence-electron chi connectivity index (χ3n) is 5.31. The SMILES string of the molecule is COc1cc(NC(=O)C2(c3ccccc3)CC2)ccc1N1CCCC1=O. The second kappa shape index (κ2) is 6.48. The van der Waals surface area contributed by atoms with E-state index in [9.17, 15) is 9.59 Å². The Morgan fingerprint density at radius 3 is 2.54 bits per heavy atom. The Morgan fingerprint density at radius 2 is 1.92 bits per heavy atom. The molecule has 1 aliphatic carbocycles. The van der Waals surface area contributed by atoms with Crippen molar-refractivity contribution in [1.82, 2.24) is 0 Å². The van der Waals surface area contributed by atoms with Gasteiger partial charge in [-0.2, -0.15) is 0 Å². The summed E-state index contributed by atoms with van der Waals surface area (Å²) in [5.74, 6) is 0.722. The first-order chi connectivity index (χ1) is 12.6. The van der Waals surface area contributed by atoms with Crippen LogP contribution in [0.5, 0.6) is 5.75 Å². The van der Waals surface area contributed by atoms with Crippen molar-refractivity contribution in [2.45, 2.75) is 31.1 Å². The van der Waals surface area contributed by atoms with Gasteiger partial charge in [0, 0.05) is 24.7 Å². The van der Waals surface area contributed by atoms with Crippen LogP contribution in [-0.4, -0.2) is 25.5 Å². The highest BCUT2D eigenvalue weighted by Gasteiger charge is 2.51. The number of ether oxygens (including phenoxy) is 1. The van der Waals surface area contributed by atoms with Gasteiger partial charge in [-0.3, -0.25) is 9.59 Å². The van der Waals surface area contributed by atoms with E-state index < -0.39 is 5.41 Å². The van der Waals surface area contributed by atoms with Crippen LogP contribution in [0.2, 0.25) is 0 Å². The Hall–Kier alpha value is -2.82. The van der Waals surface area contributed by atoms with Crippen LogP contribution < -0.4 is 15.0 Å². The van der Waals surface area contributed by atoms with E-state index in [0.29, 0.717) is 24.4 Å². The molecule has 2 fully saturated rings. The Kier molecular flexibility index (Phi) is 4.15. The van der Waals surface area contributed by atoms with Crippen LogP contribution in [0.25, 0.3) is 0 Å². The molecule has 5 nitrogen and oxygen atoms in total. The summed E-state index contributed by atoms with van der Waals surface area (Å²) in [5, 5.41) is 3.02. The van der Waals surface area contributed by atoms with Crippen molar-refractivity contribution in [2.75, 3.05) is 23.9 Å². The fourth-order valence-corrected chi connectivity index (χ4v) is 3.66. The maximum Gasteiger partial charge on any atom is 0.235 e. The molecule has 2 aromatic rings. The maximum absolute atomic E-state index is 12.9. The first-order valence-corrected chi connectivity index (χ1v) is 8.99. The van der Waals surface area contributed by atoms with Gasteiger partial charge in [0.05, 0.1) is 18.2 Å². The van der Waals surface area contributed by atoms with Crippen molar-refractivity contribution < 1.29 is 14.3 Å². The minimum absolute atomic E-state index is 0.00996. The average Bonchev–Trinajstić information content (AvgIpc) is 3.39. The first kappa shape index (κ1) is 16.6. The van der Waals surface area contributed by atoms with Crippen molar-refractivity contribution in [1.29, 1.82) is 0 Å². The van der Waals surface area contributed by atoms with Crippen LogP contribution in [0.4, 0.5) is 11.4 Å². The van der Waals surface area contributed by atoms with E-state index in [2.05, 4.69) is 5.32 Å². The number of anilines is 2. The topological polar surface area (TPSA) is 58.6 Å². The van der Waals surface area contributed by atoms with E-state index in [1.54, 1.807) is 18.1 Å². The summed E-state index contributed by atoms with van der Waals surface area (Å²) in [5.41, 5.74) is 2.09. The number of carbonyl (C=O) groups excluding carboxylic acids is 2. The normalized spacial score (nSPS) is 17.9. The molecule has 1 saturated heterocycles. The monoisotopic (exact) mass is 350 g/mol. The molecule has 5 heteroatoms. The van der Waals surface area contributed by atoms with E-state index in [0.717, 1.165) is 30.5 Å². The summed E-state index contributed by atoms with van der Waals surface area (Å²) in [4.78, 5) is 26.6. The first-order valence-electron chi connectivity index (χ1n) is 8.99. The van der Waals surface area contributed by atoms with Gasteiger partial charge in [0.25, 0.3) is 0 Å². The number of nitrogens with one attached hydrogen (secondary N) is 1. The molecular weight excluding hydrogens is 328 g/mol. The molecular formula is C21H22N2O3. The zero-order valence-electron chi connectivity index (χ0n) is 14.8. The lowest BCUT2D eigenvalue weighted by molar-refractivity contribution is -0.118. The number of rotatable bonds is 5. The Labute approximate surface area is 153 Å². The zero-order chi connectivity index (χ0) is 18.1. The molecule has 0 atom stereocenters. The number of carbonyl (C=O) groups is 2. The van der Waals surface area contributed by atoms with Gasteiger partial charge < -0.3 is 15.0 Å². The van der Waals surface area contributed by atoms with Gasteiger partial charge in [0.2, 0.25) is 11.8 Å². The summed E-state index contributed by atoms with van der Waals surface area (Å²) < 4.78 is 5.47. The van der Waals surface area contributed by atoms with Crippen LogP contribution in [0.3, 0.4) is 0 Å². The quantitative estimate of drug-likeness (QED) is 0.898. The smallest absolute Gasteiger partial charge is 0.235 e. The predicted octanol–water partition coefficient (Wildman–Crippen LogP) is 3.49. The minimum atomic E-state index is -0.419. The largest absolute Gasteiger partial charge is 0.494 e.